The van der Waals surface area contributed by atoms with Crippen LogP contribution < -0.4 is 10.6 Å². The van der Waals surface area contributed by atoms with Crippen molar-refractivity contribution in [3.05, 3.63) is 24.0 Å². The lowest BCUT2D eigenvalue weighted by molar-refractivity contribution is -0.116. The molecule has 0 radical (unpaired) electrons. The number of pyridine rings is 1. The summed E-state index contributed by atoms with van der Waals surface area (Å²) in [5.74, 6) is 0.0278. The van der Waals surface area contributed by atoms with Gasteiger partial charge in [0.05, 0.1) is 18.4 Å². The topological polar surface area (TPSA) is 83.0 Å². The fourth-order valence-corrected chi connectivity index (χ4v) is 1.53. The molecule has 0 unspecified atom stereocenters. The van der Waals surface area contributed by atoms with E-state index in [-0.39, 0.29) is 12.5 Å². The Morgan fingerprint density at radius 3 is 2.71 bits per heavy atom. The number of anilines is 1. The Balaban J connectivity index is 2.87. The van der Waals surface area contributed by atoms with Crippen molar-refractivity contribution in [3.63, 3.8) is 0 Å². The lowest BCUT2D eigenvalue weighted by atomic mass is 10.2. The minimum absolute atomic E-state index is 0.158. The normalized spacial score (nSPS) is 10.0. The zero-order valence-electron chi connectivity index (χ0n) is 10.1. The molecule has 1 heterocycles. The van der Waals surface area contributed by atoms with Gasteiger partial charge in [0.2, 0.25) is 5.91 Å². The smallest absolute Gasteiger partial charge is 0.236 e. The maximum Gasteiger partial charge on any atom is 0.236 e. The fraction of sp³-hybridized carbons (Fsp3) is 0.417. The van der Waals surface area contributed by atoms with E-state index < -0.39 is 0 Å². The Labute approximate surface area is 101 Å². The van der Waals surface area contributed by atoms with Gasteiger partial charge in [0, 0.05) is 6.54 Å². The highest BCUT2D eigenvalue weighted by atomic mass is 16.1. The molecule has 0 aliphatic rings. The van der Waals surface area contributed by atoms with Crippen molar-refractivity contribution in [2.24, 2.45) is 11.7 Å². The van der Waals surface area contributed by atoms with Crippen LogP contribution in [-0.4, -0.2) is 24.0 Å². The van der Waals surface area contributed by atoms with E-state index in [2.05, 4.69) is 18.8 Å². The van der Waals surface area contributed by atoms with Gasteiger partial charge in [-0.2, -0.15) is 5.26 Å². The van der Waals surface area contributed by atoms with Crippen molar-refractivity contribution < 1.29 is 4.79 Å². The molecule has 2 N–H and O–H groups in total. The Bertz CT molecular complexity index is 419. The molecule has 0 fully saturated rings. The second kappa shape index (κ2) is 5.85. The number of hydrogen-bond donors (Lipinski definition) is 1. The maximum absolute atomic E-state index is 11.0. The largest absolute Gasteiger partial charge is 0.368 e. The van der Waals surface area contributed by atoms with E-state index in [1.165, 1.54) is 0 Å². The highest BCUT2D eigenvalue weighted by Gasteiger charge is 2.11. The number of nitrogens with two attached hydrogens (primary N) is 1. The van der Waals surface area contributed by atoms with Crippen LogP contribution in [0.5, 0.6) is 0 Å². The minimum Gasteiger partial charge on any atom is -0.368 e. The summed E-state index contributed by atoms with van der Waals surface area (Å²) >= 11 is 0. The molecule has 0 atom stereocenters. The molecule has 17 heavy (non-hydrogen) atoms. The number of nitrogens with zero attached hydrogens (tertiary/aromatic N) is 3. The standard InChI is InChI=1S/C12H16N4O/c1-9(2)7-16(8-12(14)17)11-4-3-10(5-13)15-6-11/h3-4,6,9H,7-8H2,1-2H3,(H2,14,17). The van der Waals surface area contributed by atoms with Crippen LogP contribution in [0.15, 0.2) is 18.3 Å². The first kappa shape index (κ1) is 13.0. The SMILES string of the molecule is CC(C)CN(CC(N)=O)c1ccc(C#N)nc1. The molecule has 0 bridgehead atoms. The van der Waals surface area contributed by atoms with Gasteiger partial charge in [-0.05, 0) is 18.1 Å². The van der Waals surface area contributed by atoms with Crippen molar-refractivity contribution >= 4 is 11.6 Å². The molecular formula is C12H16N4O. The molecule has 0 aromatic carbocycles. The van der Waals surface area contributed by atoms with Crippen LogP contribution >= 0.6 is 0 Å². The second-order valence-electron chi connectivity index (χ2n) is 4.25. The molecule has 0 spiro atoms. The van der Waals surface area contributed by atoms with Crippen LogP contribution in [0.4, 0.5) is 5.69 Å². The summed E-state index contributed by atoms with van der Waals surface area (Å²) in [6.45, 7) is 5.00. The zero-order valence-corrected chi connectivity index (χ0v) is 10.1. The number of hydrogen-bond acceptors (Lipinski definition) is 4. The summed E-state index contributed by atoms with van der Waals surface area (Å²) in [5.41, 5.74) is 6.37. The van der Waals surface area contributed by atoms with Gasteiger partial charge in [-0.1, -0.05) is 13.8 Å². The third-order valence-electron chi connectivity index (χ3n) is 2.16. The highest BCUT2D eigenvalue weighted by Crippen LogP contribution is 2.14. The summed E-state index contributed by atoms with van der Waals surface area (Å²) in [6, 6.07) is 5.36. The maximum atomic E-state index is 11.0. The number of rotatable bonds is 5. The first-order valence-corrected chi connectivity index (χ1v) is 5.42. The van der Waals surface area contributed by atoms with Gasteiger partial charge in [-0.25, -0.2) is 4.98 Å². The molecule has 5 heteroatoms. The monoisotopic (exact) mass is 232 g/mol. The third kappa shape index (κ3) is 4.11. The molecular weight excluding hydrogens is 216 g/mol. The number of carbonyl (C=O) groups is 1. The van der Waals surface area contributed by atoms with Gasteiger partial charge >= 0.3 is 0 Å². The van der Waals surface area contributed by atoms with E-state index in [1.54, 1.807) is 18.3 Å². The van der Waals surface area contributed by atoms with E-state index in [0.29, 0.717) is 11.6 Å². The number of primary amides is 1. The average molecular weight is 232 g/mol. The Morgan fingerprint density at radius 1 is 1.59 bits per heavy atom. The first-order valence-electron chi connectivity index (χ1n) is 5.42. The number of aromatic nitrogens is 1. The molecule has 90 valence electrons. The fourth-order valence-electron chi connectivity index (χ4n) is 1.53. The molecule has 1 amide bonds. The predicted octanol–water partition coefficient (Wildman–Crippen LogP) is 0.901. The molecule has 1 aromatic heterocycles. The molecule has 5 nitrogen and oxygen atoms in total. The van der Waals surface area contributed by atoms with Crippen molar-refractivity contribution in [1.82, 2.24) is 4.98 Å². The van der Waals surface area contributed by atoms with Gasteiger partial charge < -0.3 is 10.6 Å². The van der Waals surface area contributed by atoms with Crippen LogP contribution in [0.25, 0.3) is 0 Å². The number of carbonyl (C=O) groups excluding carboxylic acids is 1. The quantitative estimate of drug-likeness (QED) is 0.817. The van der Waals surface area contributed by atoms with Gasteiger partial charge in [0.25, 0.3) is 0 Å². The predicted molar refractivity (Wildman–Crippen MR) is 65.2 cm³/mol. The molecule has 0 saturated carbocycles. The van der Waals surface area contributed by atoms with Crippen LogP contribution in [0.3, 0.4) is 0 Å². The Hall–Kier alpha value is -2.09. The first-order chi connectivity index (χ1) is 8.02. The number of amides is 1. The van der Waals surface area contributed by atoms with Gasteiger partial charge in [0.1, 0.15) is 11.8 Å². The van der Waals surface area contributed by atoms with Crippen molar-refractivity contribution in [3.8, 4) is 6.07 Å². The van der Waals surface area contributed by atoms with Crippen LogP contribution in [0, 0.1) is 17.2 Å². The highest BCUT2D eigenvalue weighted by molar-refractivity contribution is 5.79. The Morgan fingerprint density at radius 2 is 2.29 bits per heavy atom. The summed E-state index contributed by atoms with van der Waals surface area (Å²) in [6.07, 6.45) is 1.59. The van der Waals surface area contributed by atoms with Gasteiger partial charge in [-0.3, -0.25) is 4.79 Å². The summed E-state index contributed by atoms with van der Waals surface area (Å²) in [4.78, 5) is 16.8. The average Bonchev–Trinajstić information content (AvgIpc) is 2.27. The lowest BCUT2D eigenvalue weighted by Crippen LogP contribution is -2.36. The summed E-state index contributed by atoms with van der Waals surface area (Å²) in [5, 5.41) is 8.66. The Kier molecular flexibility index (Phi) is 4.46. The van der Waals surface area contributed by atoms with Gasteiger partial charge in [0.15, 0.2) is 0 Å². The van der Waals surface area contributed by atoms with Crippen molar-refractivity contribution in [2.75, 3.05) is 18.0 Å². The summed E-state index contributed by atoms with van der Waals surface area (Å²) < 4.78 is 0. The molecule has 0 aliphatic carbocycles. The van der Waals surface area contributed by atoms with Gasteiger partial charge in [-0.15, -0.1) is 0 Å². The molecule has 0 aliphatic heterocycles. The van der Waals surface area contributed by atoms with Crippen molar-refractivity contribution in [1.29, 1.82) is 5.26 Å². The van der Waals surface area contributed by atoms with Crippen LogP contribution in [-0.2, 0) is 4.79 Å². The van der Waals surface area contributed by atoms with E-state index in [9.17, 15) is 4.79 Å². The molecule has 1 aromatic rings. The summed E-state index contributed by atoms with van der Waals surface area (Å²) in [7, 11) is 0. The van der Waals surface area contributed by atoms with E-state index in [4.69, 9.17) is 11.0 Å². The van der Waals surface area contributed by atoms with Crippen LogP contribution in [0.1, 0.15) is 19.5 Å². The second-order valence-corrected chi connectivity index (χ2v) is 4.25. The number of nitriles is 1. The molecule has 0 saturated heterocycles. The van der Waals surface area contributed by atoms with E-state index >= 15 is 0 Å². The third-order valence-corrected chi connectivity index (χ3v) is 2.16. The van der Waals surface area contributed by atoms with Crippen molar-refractivity contribution in [2.45, 2.75) is 13.8 Å². The van der Waals surface area contributed by atoms with E-state index in [0.717, 1.165) is 12.2 Å². The van der Waals surface area contributed by atoms with E-state index in [1.807, 2.05) is 11.0 Å². The zero-order chi connectivity index (χ0) is 12.8. The lowest BCUT2D eigenvalue weighted by Gasteiger charge is -2.24. The minimum atomic E-state index is -0.380. The molecule has 1 rings (SSSR count). The van der Waals surface area contributed by atoms with Crippen LogP contribution in [0.2, 0.25) is 0 Å².